The van der Waals surface area contributed by atoms with E-state index in [1.165, 1.54) is 30.5 Å². The predicted octanol–water partition coefficient (Wildman–Crippen LogP) is 2.49. The number of carbonyl (C=O) groups is 1. The van der Waals surface area contributed by atoms with E-state index in [1.807, 2.05) is 0 Å². The lowest BCUT2D eigenvalue weighted by Crippen LogP contribution is -2.14. The number of hydrogen-bond donors (Lipinski definition) is 2. The van der Waals surface area contributed by atoms with Crippen LogP contribution in [0.3, 0.4) is 0 Å². The summed E-state index contributed by atoms with van der Waals surface area (Å²) in [5, 5.41) is 11.7. The second kappa shape index (κ2) is 4.83. The van der Waals surface area contributed by atoms with Gasteiger partial charge >= 0.3 is 0 Å². The Morgan fingerprint density at radius 1 is 1.39 bits per heavy atom. The van der Waals surface area contributed by atoms with E-state index in [1.54, 1.807) is 6.92 Å². The van der Waals surface area contributed by atoms with Crippen molar-refractivity contribution in [1.82, 2.24) is 4.98 Å². The van der Waals surface area contributed by atoms with E-state index < -0.39 is 11.7 Å². The molecule has 0 spiro atoms. The first kappa shape index (κ1) is 12.0. The standard InChI is InChI=1S/C13H11FN2O2/c1-8-6-9(17)2-3-10(8)13(18)16-12-4-5-15-7-11(12)14/h2-7,17H,1H3,(H,15,16,18). The molecule has 1 aromatic heterocycles. The monoisotopic (exact) mass is 246 g/mol. The van der Waals surface area contributed by atoms with E-state index in [4.69, 9.17) is 0 Å². The zero-order valence-corrected chi connectivity index (χ0v) is 9.64. The first-order valence-electron chi connectivity index (χ1n) is 5.28. The molecule has 0 radical (unpaired) electrons. The van der Waals surface area contributed by atoms with Crippen molar-refractivity contribution < 1.29 is 14.3 Å². The molecule has 0 atom stereocenters. The molecule has 0 saturated heterocycles. The average Bonchev–Trinajstić information content (AvgIpc) is 2.32. The van der Waals surface area contributed by atoms with Gasteiger partial charge in [0, 0.05) is 11.8 Å². The van der Waals surface area contributed by atoms with E-state index in [2.05, 4.69) is 10.3 Å². The summed E-state index contributed by atoms with van der Waals surface area (Å²) >= 11 is 0. The molecule has 0 aliphatic rings. The van der Waals surface area contributed by atoms with E-state index in [-0.39, 0.29) is 11.4 Å². The molecule has 1 aromatic carbocycles. The SMILES string of the molecule is Cc1cc(O)ccc1C(=O)Nc1ccncc1F. The van der Waals surface area contributed by atoms with Crippen LogP contribution in [-0.4, -0.2) is 16.0 Å². The third kappa shape index (κ3) is 2.45. The number of halogens is 1. The molecular weight excluding hydrogens is 235 g/mol. The summed E-state index contributed by atoms with van der Waals surface area (Å²) < 4.78 is 13.3. The molecule has 0 saturated carbocycles. The van der Waals surface area contributed by atoms with E-state index in [0.29, 0.717) is 11.1 Å². The van der Waals surface area contributed by atoms with E-state index >= 15 is 0 Å². The highest BCUT2D eigenvalue weighted by Gasteiger charge is 2.11. The Labute approximate surface area is 103 Å². The number of amides is 1. The topological polar surface area (TPSA) is 62.2 Å². The molecule has 1 amide bonds. The van der Waals surface area contributed by atoms with Gasteiger partial charge in [-0.3, -0.25) is 9.78 Å². The Balaban J connectivity index is 2.25. The Kier molecular flexibility index (Phi) is 3.23. The summed E-state index contributed by atoms with van der Waals surface area (Å²) in [7, 11) is 0. The van der Waals surface area contributed by atoms with Crippen LogP contribution in [-0.2, 0) is 0 Å². The number of aryl methyl sites for hydroxylation is 1. The average molecular weight is 246 g/mol. The Bertz CT molecular complexity index is 599. The van der Waals surface area contributed by atoms with Gasteiger partial charge in [0.25, 0.3) is 5.91 Å². The van der Waals surface area contributed by atoms with E-state index in [9.17, 15) is 14.3 Å². The van der Waals surface area contributed by atoms with Crippen molar-refractivity contribution in [2.45, 2.75) is 6.92 Å². The lowest BCUT2D eigenvalue weighted by Gasteiger charge is -2.08. The first-order valence-corrected chi connectivity index (χ1v) is 5.28. The molecule has 92 valence electrons. The zero-order valence-electron chi connectivity index (χ0n) is 9.64. The number of phenolic OH excluding ortho intramolecular Hbond substituents is 1. The van der Waals surface area contributed by atoms with Gasteiger partial charge in [0.15, 0.2) is 5.82 Å². The summed E-state index contributed by atoms with van der Waals surface area (Å²) in [4.78, 5) is 15.5. The van der Waals surface area contributed by atoms with Crippen molar-refractivity contribution in [3.8, 4) is 5.75 Å². The van der Waals surface area contributed by atoms with Crippen LogP contribution >= 0.6 is 0 Å². The number of rotatable bonds is 2. The van der Waals surface area contributed by atoms with Crippen LogP contribution in [0.25, 0.3) is 0 Å². The summed E-state index contributed by atoms with van der Waals surface area (Å²) in [5.74, 6) is -0.945. The van der Waals surface area contributed by atoms with Crippen LogP contribution in [0.2, 0.25) is 0 Å². The van der Waals surface area contributed by atoms with Crippen molar-refractivity contribution in [3.05, 3.63) is 53.6 Å². The number of aromatic nitrogens is 1. The summed E-state index contributed by atoms with van der Waals surface area (Å²) in [5.41, 5.74) is 1.06. The lowest BCUT2D eigenvalue weighted by molar-refractivity contribution is 0.102. The molecule has 0 unspecified atom stereocenters. The Morgan fingerprint density at radius 2 is 2.17 bits per heavy atom. The molecule has 2 rings (SSSR count). The lowest BCUT2D eigenvalue weighted by atomic mass is 10.1. The van der Waals surface area contributed by atoms with Gasteiger partial charge in [-0.25, -0.2) is 4.39 Å². The normalized spacial score (nSPS) is 10.1. The fourth-order valence-corrected chi connectivity index (χ4v) is 1.57. The second-order valence-corrected chi connectivity index (χ2v) is 3.81. The van der Waals surface area contributed by atoms with Gasteiger partial charge in [-0.1, -0.05) is 0 Å². The number of pyridine rings is 1. The molecular formula is C13H11FN2O2. The third-order valence-electron chi connectivity index (χ3n) is 2.48. The van der Waals surface area contributed by atoms with Crippen molar-refractivity contribution in [2.24, 2.45) is 0 Å². The van der Waals surface area contributed by atoms with Gasteiger partial charge in [0.05, 0.1) is 11.9 Å². The minimum absolute atomic E-state index is 0.0717. The van der Waals surface area contributed by atoms with Gasteiger partial charge in [-0.15, -0.1) is 0 Å². The maximum absolute atomic E-state index is 13.3. The summed E-state index contributed by atoms with van der Waals surface area (Å²) in [6.07, 6.45) is 2.42. The maximum Gasteiger partial charge on any atom is 0.256 e. The fourth-order valence-electron chi connectivity index (χ4n) is 1.57. The first-order chi connectivity index (χ1) is 8.58. The maximum atomic E-state index is 13.3. The van der Waals surface area contributed by atoms with Crippen LogP contribution in [0.15, 0.2) is 36.7 Å². The molecule has 5 heteroatoms. The molecule has 0 aliphatic carbocycles. The van der Waals surface area contributed by atoms with Crippen LogP contribution in [0.5, 0.6) is 5.75 Å². The summed E-state index contributed by atoms with van der Waals surface area (Å²) in [6.45, 7) is 1.69. The van der Waals surface area contributed by atoms with Gasteiger partial charge in [-0.05, 0) is 36.8 Å². The number of phenols is 1. The molecule has 0 bridgehead atoms. The highest BCUT2D eigenvalue weighted by Crippen LogP contribution is 2.18. The number of aromatic hydroxyl groups is 1. The van der Waals surface area contributed by atoms with Crippen LogP contribution < -0.4 is 5.32 Å². The number of carbonyl (C=O) groups excluding carboxylic acids is 1. The molecule has 2 N–H and O–H groups in total. The molecule has 1 heterocycles. The highest BCUT2D eigenvalue weighted by atomic mass is 19.1. The minimum atomic E-state index is -0.595. The quantitative estimate of drug-likeness (QED) is 0.855. The highest BCUT2D eigenvalue weighted by molar-refractivity contribution is 6.05. The number of nitrogens with zero attached hydrogens (tertiary/aromatic N) is 1. The minimum Gasteiger partial charge on any atom is -0.508 e. The number of benzene rings is 1. The van der Waals surface area contributed by atoms with Crippen molar-refractivity contribution >= 4 is 11.6 Å². The van der Waals surface area contributed by atoms with Crippen molar-refractivity contribution in [1.29, 1.82) is 0 Å². The van der Waals surface area contributed by atoms with Crippen LogP contribution in [0.4, 0.5) is 10.1 Å². The molecule has 0 aliphatic heterocycles. The Hall–Kier alpha value is -2.43. The molecule has 4 nitrogen and oxygen atoms in total. The number of nitrogens with one attached hydrogen (secondary N) is 1. The van der Waals surface area contributed by atoms with Gasteiger partial charge in [-0.2, -0.15) is 0 Å². The largest absolute Gasteiger partial charge is 0.508 e. The fraction of sp³-hybridized carbons (Fsp3) is 0.0769. The molecule has 18 heavy (non-hydrogen) atoms. The zero-order chi connectivity index (χ0) is 13.1. The third-order valence-corrected chi connectivity index (χ3v) is 2.48. The van der Waals surface area contributed by atoms with Crippen LogP contribution in [0.1, 0.15) is 15.9 Å². The second-order valence-electron chi connectivity index (χ2n) is 3.81. The van der Waals surface area contributed by atoms with Gasteiger partial charge in [0.2, 0.25) is 0 Å². The van der Waals surface area contributed by atoms with E-state index in [0.717, 1.165) is 6.20 Å². The van der Waals surface area contributed by atoms with Crippen LogP contribution in [0, 0.1) is 12.7 Å². The predicted molar refractivity (Wildman–Crippen MR) is 65.0 cm³/mol. The summed E-state index contributed by atoms with van der Waals surface area (Å²) in [6, 6.07) is 5.74. The van der Waals surface area contributed by atoms with Gasteiger partial charge in [0.1, 0.15) is 5.75 Å². The Morgan fingerprint density at radius 3 is 2.83 bits per heavy atom. The van der Waals surface area contributed by atoms with Gasteiger partial charge < -0.3 is 10.4 Å². The molecule has 0 fully saturated rings. The molecule has 2 aromatic rings. The van der Waals surface area contributed by atoms with Crippen molar-refractivity contribution in [3.63, 3.8) is 0 Å². The smallest absolute Gasteiger partial charge is 0.256 e. The number of hydrogen-bond acceptors (Lipinski definition) is 3. The number of anilines is 1. The van der Waals surface area contributed by atoms with Crippen molar-refractivity contribution in [2.75, 3.05) is 5.32 Å².